The molecule has 2 N–H and O–H groups in total. The van der Waals surface area contributed by atoms with Crippen molar-refractivity contribution >= 4 is 34.2 Å². The second-order valence-electron chi connectivity index (χ2n) is 7.39. The fourth-order valence-corrected chi connectivity index (χ4v) is 4.79. The number of amides is 1. The molecule has 4 rings (SSSR count). The van der Waals surface area contributed by atoms with E-state index in [1.54, 1.807) is 11.6 Å². The third-order valence-electron chi connectivity index (χ3n) is 5.66. The highest BCUT2D eigenvalue weighted by Crippen LogP contribution is 2.35. The molecule has 1 saturated heterocycles. The van der Waals surface area contributed by atoms with Gasteiger partial charge in [0.05, 0.1) is 21.6 Å². The first kappa shape index (κ1) is 19.6. The molecule has 0 bridgehead atoms. The molecule has 152 valence electrons. The van der Waals surface area contributed by atoms with Gasteiger partial charge in [-0.1, -0.05) is 6.92 Å². The lowest BCUT2D eigenvalue weighted by Gasteiger charge is -2.35. The van der Waals surface area contributed by atoms with Crippen molar-refractivity contribution in [2.75, 3.05) is 18.0 Å². The average molecular weight is 415 g/mol. The molecule has 1 aromatic carbocycles. The Morgan fingerprint density at radius 3 is 2.90 bits per heavy atom. The molecule has 6 nitrogen and oxygen atoms in total. The summed E-state index contributed by atoms with van der Waals surface area (Å²) < 4.78 is 18.3. The zero-order valence-corrected chi connectivity index (χ0v) is 17.0. The molecule has 3 heterocycles. The van der Waals surface area contributed by atoms with E-state index in [1.807, 2.05) is 12.1 Å². The molecule has 0 radical (unpaired) electrons. The molecule has 2 aromatic heterocycles. The van der Waals surface area contributed by atoms with Crippen molar-refractivity contribution in [3.63, 3.8) is 0 Å². The summed E-state index contributed by atoms with van der Waals surface area (Å²) in [4.78, 5) is 23.4. The maximum absolute atomic E-state index is 13.4. The van der Waals surface area contributed by atoms with Crippen molar-refractivity contribution in [1.29, 1.82) is 0 Å². The number of piperidine rings is 1. The van der Waals surface area contributed by atoms with Crippen LogP contribution in [-0.2, 0) is 11.3 Å². The molecule has 0 saturated carbocycles. The second kappa shape index (κ2) is 8.32. The van der Waals surface area contributed by atoms with Crippen LogP contribution in [0.4, 0.5) is 15.0 Å². The fourth-order valence-electron chi connectivity index (χ4n) is 4.01. The van der Waals surface area contributed by atoms with Gasteiger partial charge in [0.15, 0.2) is 0 Å². The number of aromatic nitrogens is 2. The minimum absolute atomic E-state index is 0.181. The quantitative estimate of drug-likeness (QED) is 0.667. The van der Waals surface area contributed by atoms with E-state index in [4.69, 9.17) is 15.5 Å². The van der Waals surface area contributed by atoms with E-state index in [9.17, 15) is 9.18 Å². The third kappa shape index (κ3) is 4.32. The second-order valence-corrected chi connectivity index (χ2v) is 8.33. The summed E-state index contributed by atoms with van der Waals surface area (Å²) in [6.45, 7) is 4.18. The van der Waals surface area contributed by atoms with Crippen molar-refractivity contribution in [2.45, 2.75) is 32.3 Å². The summed E-state index contributed by atoms with van der Waals surface area (Å²) in [5.41, 5.74) is 8.68. The largest absolute Gasteiger partial charge is 0.444 e. The molecular formula is C21H23FN4O2S. The Balaban J connectivity index is 1.41. The number of pyridine rings is 1. The highest BCUT2D eigenvalue weighted by atomic mass is 32.1. The van der Waals surface area contributed by atoms with Crippen LogP contribution in [0.2, 0.25) is 0 Å². The first-order chi connectivity index (χ1) is 14.0. The Labute approximate surface area is 172 Å². The van der Waals surface area contributed by atoms with Crippen LogP contribution in [0.5, 0.6) is 0 Å². The number of hydrogen-bond donors (Lipinski definition) is 1. The highest BCUT2D eigenvalue weighted by Gasteiger charge is 2.28. The number of ether oxygens (including phenoxy) is 1. The Kier molecular flexibility index (Phi) is 5.62. The number of fused-ring (bicyclic) bond motifs is 1. The standard InChI is InChI=1S/C21H23FN4O2S/c1-13(20-18(29-12-24-20)11-28-21(23)27)14-6-8-26(9-7-14)19-5-2-15-10-16(22)3-4-17(15)25-19/h2-5,10,12-14H,6-9,11H2,1H3,(H2,23,27). The molecule has 29 heavy (non-hydrogen) atoms. The van der Waals surface area contributed by atoms with Gasteiger partial charge in [-0.3, -0.25) is 0 Å². The Morgan fingerprint density at radius 2 is 2.14 bits per heavy atom. The van der Waals surface area contributed by atoms with Gasteiger partial charge in [0.2, 0.25) is 0 Å². The van der Waals surface area contributed by atoms with Crippen molar-refractivity contribution in [2.24, 2.45) is 11.7 Å². The molecule has 1 unspecified atom stereocenters. The number of halogens is 1. The zero-order valence-electron chi connectivity index (χ0n) is 16.2. The SMILES string of the molecule is CC(c1ncsc1COC(N)=O)C1CCN(c2ccc3cc(F)ccc3n2)CC1. The average Bonchev–Trinajstić information content (AvgIpc) is 3.20. The topological polar surface area (TPSA) is 81.3 Å². The van der Waals surface area contributed by atoms with Crippen LogP contribution in [0.1, 0.15) is 36.3 Å². The molecule has 1 aliphatic heterocycles. The van der Waals surface area contributed by atoms with Crippen LogP contribution >= 0.6 is 11.3 Å². The number of carbonyl (C=O) groups is 1. The molecule has 3 aromatic rings. The van der Waals surface area contributed by atoms with E-state index < -0.39 is 6.09 Å². The minimum Gasteiger partial charge on any atom is -0.444 e. The Morgan fingerprint density at radius 1 is 1.34 bits per heavy atom. The van der Waals surface area contributed by atoms with Crippen molar-refractivity contribution < 1.29 is 13.9 Å². The number of carbonyl (C=O) groups excluding carboxylic acids is 1. The molecular weight excluding hydrogens is 391 g/mol. The van der Waals surface area contributed by atoms with Gasteiger partial charge in [-0.15, -0.1) is 11.3 Å². The zero-order chi connectivity index (χ0) is 20.4. The van der Waals surface area contributed by atoms with Gasteiger partial charge in [-0.05, 0) is 49.1 Å². The number of thiazole rings is 1. The maximum Gasteiger partial charge on any atom is 0.404 e. The van der Waals surface area contributed by atoms with Crippen molar-refractivity contribution in [3.8, 4) is 0 Å². The predicted octanol–water partition coefficient (Wildman–Crippen LogP) is 4.45. The van der Waals surface area contributed by atoms with E-state index >= 15 is 0 Å². The Hall–Kier alpha value is -2.74. The van der Waals surface area contributed by atoms with Gasteiger partial charge in [-0.2, -0.15) is 0 Å². The summed E-state index contributed by atoms with van der Waals surface area (Å²) in [7, 11) is 0. The van der Waals surface area contributed by atoms with Gasteiger partial charge in [0.1, 0.15) is 18.2 Å². The normalized spacial score (nSPS) is 16.1. The molecule has 8 heteroatoms. The van der Waals surface area contributed by atoms with Crippen molar-refractivity contribution in [1.82, 2.24) is 9.97 Å². The molecule has 0 aliphatic carbocycles. The molecule has 1 fully saturated rings. The lowest BCUT2D eigenvalue weighted by Crippen LogP contribution is -2.35. The van der Waals surface area contributed by atoms with E-state index in [0.717, 1.165) is 53.2 Å². The molecule has 1 amide bonds. The van der Waals surface area contributed by atoms with Crippen LogP contribution in [0.15, 0.2) is 35.8 Å². The minimum atomic E-state index is -0.768. The lowest BCUT2D eigenvalue weighted by atomic mass is 9.83. The van der Waals surface area contributed by atoms with E-state index in [2.05, 4.69) is 16.8 Å². The number of anilines is 1. The summed E-state index contributed by atoms with van der Waals surface area (Å²) in [6.07, 6.45) is 1.28. The van der Waals surface area contributed by atoms with Gasteiger partial charge in [0, 0.05) is 24.4 Å². The molecule has 1 aliphatic rings. The van der Waals surface area contributed by atoms with E-state index in [-0.39, 0.29) is 18.3 Å². The number of primary amides is 1. The van der Waals surface area contributed by atoms with Crippen LogP contribution in [0.3, 0.4) is 0 Å². The van der Waals surface area contributed by atoms with E-state index in [1.165, 1.54) is 23.5 Å². The summed E-state index contributed by atoms with van der Waals surface area (Å²) >= 11 is 1.49. The summed E-state index contributed by atoms with van der Waals surface area (Å²) in [5, 5.41) is 0.812. The summed E-state index contributed by atoms with van der Waals surface area (Å²) in [6, 6.07) is 8.57. The van der Waals surface area contributed by atoms with Gasteiger partial charge in [0.25, 0.3) is 0 Å². The predicted molar refractivity (Wildman–Crippen MR) is 112 cm³/mol. The number of rotatable bonds is 5. The number of nitrogens with two attached hydrogens (primary N) is 1. The smallest absolute Gasteiger partial charge is 0.404 e. The number of nitrogens with zero attached hydrogens (tertiary/aromatic N) is 3. The first-order valence-electron chi connectivity index (χ1n) is 9.67. The van der Waals surface area contributed by atoms with Crippen molar-refractivity contribution in [3.05, 3.63) is 52.2 Å². The van der Waals surface area contributed by atoms with Gasteiger partial charge >= 0.3 is 6.09 Å². The van der Waals surface area contributed by atoms with E-state index in [0.29, 0.717) is 5.92 Å². The summed E-state index contributed by atoms with van der Waals surface area (Å²) in [5.74, 6) is 1.46. The van der Waals surface area contributed by atoms with Crippen LogP contribution < -0.4 is 10.6 Å². The van der Waals surface area contributed by atoms with Crippen LogP contribution in [-0.4, -0.2) is 29.2 Å². The molecule has 0 spiro atoms. The monoisotopic (exact) mass is 414 g/mol. The number of hydrogen-bond acceptors (Lipinski definition) is 6. The molecule has 1 atom stereocenters. The fraction of sp³-hybridized carbons (Fsp3) is 0.381. The van der Waals surface area contributed by atoms with Crippen LogP contribution in [0.25, 0.3) is 10.9 Å². The lowest BCUT2D eigenvalue weighted by molar-refractivity contribution is 0.150. The van der Waals surface area contributed by atoms with Gasteiger partial charge in [-0.25, -0.2) is 19.2 Å². The third-order valence-corrected chi connectivity index (χ3v) is 6.48. The highest BCUT2D eigenvalue weighted by molar-refractivity contribution is 7.09. The van der Waals surface area contributed by atoms with Gasteiger partial charge < -0.3 is 15.4 Å². The Bertz CT molecular complexity index is 1020. The maximum atomic E-state index is 13.4. The first-order valence-corrected chi connectivity index (χ1v) is 10.5. The van der Waals surface area contributed by atoms with Crippen LogP contribution in [0, 0.1) is 11.7 Å². The number of benzene rings is 1.